The summed E-state index contributed by atoms with van der Waals surface area (Å²) in [6, 6.07) is 15.3. The van der Waals surface area contributed by atoms with Crippen LogP contribution in [0.5, 0.6) is 0 Å². The highest BCUT2D eigenvalue weighted by Gasteiger charge is 2.25. The van der Waals surface area contributed by atoms with E-state index in [4.69, 9.17) is 10.5 Å². The largest absolute Gasteiger partial charge is 0.378 e. The van der Waals surface area contributed by atoms with Gasteiger partial charge in [0.25, 0.3) is 11.8 Å². The molecule has 0 N–H and O–H groups in total. The number of nitriles is 2. The predicted octanol–water partition coefficient (Wildman–Crippen LogP) is 3.71. The van der Waals surface area contributed by atoms with Gasteiger partial charge in [0.05, 0.1) is 23.3 Å². The molecule has 0 saturated carbocycles. The Hall–Kier alpha value is -5.22. The van der Waals surface area contributed by atoms with E-state index in [1.54, 1.807) is 52.2 Å². The van der Waals surface area contributed by atoms with Crippen molar-refractivity contribution in [2.45, 2.75) is 13.8 Å². The van der Waals surface area contributed by atoms with Crippen LogP contribution in [0.1, 0.15) is 36.1 Å². The van der Waals surface area contributed by atoms with E-state index in [1.807, 2.05) is 62.3 Å². The lowest BCUT2D eigenvalue weighted by Crippen LogP contribution is -2.25. The summed E-state index contributed by atoms with van der Waals surface area (Å²) in [5.74, 6) is 1.01. The molecule has 0 saturated heterocycles. The van der Waals surface area contributed by atoms with Gasteiger partial charge in [0.15, 0.2) is 0 Å². The van der Waals surface area contributed by atoms with Crippen LogP contribution in [0.15, 0.2) is 57.8 Å². The molecule has 40 heavy (non-hydrogen) atoms. The van der Waals surface area contributed by atoms with E-state index in [1.165, 1.54) is 9.80 Å². The van der Waals surface area contributed by atoms with E-state index in [2.05, 4.69) is 22.1 Å². The number of aliphatic imine (C=N–C) groups is 2. The van der Waals surface area contributed by atoms with E-state index in [0.717, 1.165) is 11.4 Å². The van der Waals surface area contributed by atoms with Crippen LogP contribution in [0.25, 0.3) is 12.2 Å². The molecule has 0 bridgehead atoms. The molecule has 2 amide bonds. The molecule has 0 aliphatic carbocycles. The Morgan fingerprint density at radius 1 is 0.700 bits per heavy atom. The fourth-order valence-electron chi connectivity index (χ4n) is 3.81. The highest BCUT2D eigenvalue weighted by Crippen LogP contribution is 2.24. The SMILES string of the molecule is CC1=N/C(=C\c2cc(N(C)C)ccc2C#N)C(=O)N1C.CC1=N/C(=C\c2cc(N(C)C)ccc2C#N)C(=O)N1C. The van der Waals surface area contributed by atoms with Crippen molar-refractivity contribution in [3.05, 3.63) is 70.0 Å². The molecule has 2 aliphatic heterocycles. The molecule has 10 nitrogen and oxygen atoms in total. The van der Waals surface area contributed by atoms with Crippen LogP contribution >= 0.6 is 0 Å². The lowest BCUT2D eigenvalue weighted by molar-refractivity contribution is -0.122. The first kappa shape index (κ1) is 29.3. The van der Waals surface area contributed by atoms with Crippen molar-refractivity contribution >= 4 is 47.0 Å². The summed E-state index contributed by atoms with van der Waals surface area (Å²) < 4.78 is 0. The minimum absolute atomic E-state index is 0.151. The van der Waals surface area contributed by atoms with Gasteiger partial charge in [0.1, 0.15) is 23.1 Å². The van der Waals surface area contributed by atoms with E-state index >= 15 is 0 Å². The van der Waals surface area contributed by atoms with Gasteiger partial charge in [-0.15, -0.1) is 0 Å². The average Bonchev–Trinajstić information content (AvgIpc) is 3.31. The van der Waals surface area contributed by atoms with Crippen molar-refractivity contribution < 1.29 is 9.59 Å². The van der Waals surface area contributed by atoms with Gasteiger partial charge in [-0.3, -0.25) is 19.4 Å². The number of hydrogen-bond donors (Lipinski definition) is 0. The zero-order valence-electron chi connectivity index (χ0n) is 24.0. The number of carbonyl (C=O) groups is 2. The highest BCUT2D eigenvalue weighted by molar-refractivity contribution is 6.14. The average molecular weight is 537 g/mol. The number of amides is 2. The number of nitrogens with zero attached hydrogens (tertiary/aromatic N) is 8. The van der Waals surface area contributed by atoms with Crippen LogP contribution in [-0.2, 0) is 9.59 Å². The number of likely N-dealkylation sites (N-methyl/N-ethyl adjacent to an activating group) is 2. The molecule has 2 aromatic carbocycles. The van der Waals surface area contributed by atoms with E-state index in [9.17, 15) is 9.59 Å². The van der Waals surface area contributed by atoms with Gasteiger partial charge in [-0.2, -0.15) is 10.5 Å². The number of carbonyl (C=O) groups excluding carboxylic acids is 2. The Labute approximate surface area is 235 Å². The molecule has 4 rings (SSSR count). The molecule has 2 aliphatic rings. The van der Waals surface area contributed by atoms with Crippen LogP contribution in [-0.4, -0.2) is 75.6 Å². The number of anilines is 2. The molecule has 10 heteroatoms. The molecule has 0 spiro atoms. The van der Waals surface area contributed by atoms with Gasteiger partial charge in [0, 0.05) is 53.7 Å². The zero-order chi connectivity index (χ0) is 29.7. The fraction of sp³-hybridized carbons (Fsp3) is 0.267. The molecular weight excluding hydrogens is 504 g/mol. The Morgan fingerprint density at radius 2 is 1.05 bits per heavy atom. The third-order valence-electron chi connectivity index (χ3n) is 6.51. The Kier molecular flexibility index (Phi) is 8.87. The van der Waals surface area contributed by atoms with Gasteiger partial charge < -0.3 is 9.80 Å². The second-order valence-electron chi connectivity index (χ2n) is 9.66. The van der Waals surface area contributed by atoms with Crippen LogP contribution < -0.4 is 9.80 Å². The van der Waals surface area contributed by atoms with Crippen molar-refractivity contribution in [1.82, 2.24) is 9.80 Å². The monoisotopic (exact) mass is 536 g/mol. The van der Waals surface area contributed by atoms with Gasteiger partial charge in [-0.05, 0) is 73.5 Å². The highest BCUT2D eigenvalue weighted by atomic mass is 16.2. The van der Waals surface area contributed by atoms with Crippen LogP contribution in [0, 0.1) is 22.7 Å². The lowest BCUT2D eigenvalue weighted by Gasteiger charge is -2.13. The molecule has 2 heterocycles. The van der Waals surface area contributed by atoms with E-state index < -0.39 is 0 Å². The minimum Gasteiger partial charge on any atom is -0.378 e. The van der Waals surface area contributed by atoms with Crippen molar-refractivity contribution in [2.75, 3.05) is 52.1 Å². The number of rotatable bonds is 4. The summed E-state index contributed by atoms with van der Waals surface area (Å²) in [6.45, 7) is 3.56. The van der Waals surface area contributed by atoms with Crippen molar-refractivity contribution in [3.63, 3.8) is 0 Å². The van der Waals surface area contributed by atoms with Crippen molar-refractivity contribution in [3.8, 4) is 12.1 Å². The summed E-state index contributed by atoms with van der Waals surface area (Å²) in [4.78, 5) is 39.3. The van der Waals surface area contributed by atoms with Crippen LogP contribution in [0.3, 0.4) is 0 Å². The molecule has 0 aromatic heterocycles. The summed E-state index contributed by atoms with van der Waals surface area (Å²) in [5, 5.41) is 18.3. The summed E-state index contributed by atoms with van der Waals surface area (Å²) in [6.07, 6.45) is 3.34. The minimum atomic E-state index is -0.151. The van der Waals surface area contributed by atoms with Crippen molar-refractivity contribution in [2.24, 2.45) is 9.98 Å². The first-order chi connectivity index (χ1) is 18.9. The first-order valence-electron chi connectivity index (χ1n) is 12.4. The maximum Gasteiger partial charge on any atom is 0.277 e. The normalized spacial score (nSPS) is 16.4. The van der Waals surface area contributed by atoms with Crippen LogP contribution in [0.4, 0.5) is 11.4 Å². The zero-order valence-corrected chi connectivity index (χ0v) is 24.0. The standard InChI is InChI=1S/2C15H16N4O/c2*1-10-17-14(15(20)19(10)4)8-12-7-13(18(2)3)6-5-11(12)9-16/h2*5-8H,1-4H3/b2*14-8-. The first-order valence-corrected chi connectivity index (χ1v) is 12.4. The molecule has 0 unspecified atom stereocenters. The molecule has 2 aromatic rings. The molecule has 0 fully saturated rings. The molecule has 204 valence electrons. The van der Waals surface area contributed by atoms with Crippen molar-refractivity contribution in [1.29, 1.82) is 10.5 Å². The van der Waals surface area contributed by atoms with Gasteiger partial charge in [0.2, 0.25) is 0 Å². The van der Waals surface area contributed by atoms with E-state index in [0.29, 0.717) is 45.3 Å². The Balaban J connectivity index is 0.000000220. The summed E-state index contributed by atoms with van der Waals surface area (Å²) in [5.41, 5.74) is 5.11. The topological polar surface area (TPSA) is 119 Å². The Morgan fingerprint density at radius 3 is 1.30 bits per heavy atom. The fourth-order valence-corrected chi connectivity index (χ4v) is 3.81. The maximum atomic E-state index is 12.0. The molecular formula is C30H32N8O2. The van der Waals surface area contributed by atoms with Gasteiger partial charge in [-0.25, -0.2) is 9.98 Å². The number of hydrogen-bond acceptors (Lipinski definition) is 8. The number of benzene rings is 2. The number of amidine groups is 2. The summed E-state index contributed by atoms with van der Waals surface area (Å²) in [7, 11) is 11.1. The summed E-state index contributed by atoms with van der Waals surface area (Å²) >= 11 is 0. The third kappa shape index (κ3) is 6.25. The van der Waals surface area contributed by atoms with Gasteiger partial charge >= 0.3 is 0 Å². The maximum absolute atomic E-state index is 12.0. The Bertz CT molecular complexity index is 1450. The third-order valence-corrected chi connectivity index (χ3v) is 6.51. The van der Waals surface area contributed by atoms with Gasteiger partial charge in [-0.1, -0.05) is 0 Å². The predicted molar refractivity (Wildman–Crippen MR) is 159 cm³/mol. The second kappa shape index (κ2) is 12.1. The molecule has 0 atom stereocenters. The van der Waals surface area contributed by atoms with E-state index in [-0.39, 0.29) is 11.8 Å². The smallest absolute Gasteiger partial charge is 0.277 e. The quantitative estimate of drug-likeness (QED) is 0.550. The lowest BCUT2D eigenvalue weighted by atomic mass is 10.1. The van der Waals surface area contributed by atoms with Crippen LogP contribution in [0.2, 0.25) is 0 Å². The molecule has 0 radical (unpaired) electrons. The second-order valence-corrected chi connectivity index (χ2v) is 9.66.